The number of aliphatic imine (C=N–C) groups is 1. The summed E-state index contributed by atoms with van der Waals surface area (Å²) in [7, 11) is 1.63. The molecule has 0 aromatic carbocycles. The summed E-state index contributed by atoms with van der Waals surface area (Å²) in [5, 5.41) is 0. The molecule has 0 rings (SSSR count). The van der Waals surface area contributed by atoms with Gasteiger partial charge in [0.05, 0.1) is 12.5 Å². The van der Waals surface area contributed by atoms with Crippen molar-refractivity contribution in [3.8, 4) is 0 Å². The van der Waals surface area contributed by atoms with Gasteiger partial charge in [-0.15, -0.1) is 0 Å². The molecule has 0 bridgehead atoms. The third kappa shape index (κ3) is 5.58. The minimum atomic E-state index is 0.0752. The zero-order valence-corrected chi connectivity index (χ0v) is 7.55. The van der Waals surface area contributed by atoms with E-state index in [1.807, 2.05) is 13.8 Å². The molecule has 0 aromatic heterocycles. The van der Waals surface area contributed by atoms with Crippen LogP contribution in [0.2, 0.25) is 0 Å². The van der Waals surface area contributed by atoms with Gasteiger partial charge in [0.1, 0.15) is 5.78 Å². The van der Waals surface area contributed by atoms with Gasteiger partial charge in [0.15, 0.2) is 5.90 Å². The first kappa shape index (κ1) is 10.1. The smallest absolute Gasteiger partial charge is 0.190 e. The second kappa shape index (κ2) is 4.88. The molecule has 0 N–H and O–H groups in total. The summed E-state index contributed by atoms with van der Waals surface area (Å²) in [5.74, 6) is 0.596. The van der Waals surface area contributed by atoms with Crippen molar-refractivity contribution in [2.45, 2.75) is 33.3 Å². The number of ether oxygens (including phenoxy) is 1. The van der Waals surface area contributed by atoms with Crippen LogP contribution in [0.25, 0.3) is 0 Å². The van der Waals surface area contributed by atoms with Gasteiger partial charge in [-0.05, 0) is 20.8 Å². The molecule has 0 aliphatic heterocycles. The van der Waals surface area contributed by atoms with E-state index < -0.39 is 0 Å². The van der Waals surface area contributed by atoms with Gasteiger partial charge in [0.25, 0.3) is 0 Å². The average molecular weight is 157 g/mol. The van der Waals surface area contributed by atoms with Gasteiger partial charge >= 0.3 is 0 Å². The van der Waals surface area contributed by atoms with Gasteiger partial charge in [-0.25, -0.2) is 0 Å². The second-order valence-electron chi connectivity index (χ2n) is 2.66. The summed E-state index contributed by atoms with van der Waals surface area (Å²) in [6.45, 7) is 5.34. The number of carbonyl (C=O) groups excluding carboxylic acids is 1. The highest BCUT2D eigenvalue weighted by atomic mass is 16.5. The molecule has 0 aliphatic carbocycles. The maximum atomic E-state index is 10.6. The summed E-state index contributed by atoms with van der Waals surface area (Å²) in [4.78, 5) is 14.5. The molecule has 11 heavy (non-hydrogen) atoms. The number of nitrogens with zero attached hydrogens (tertiary/aromatic N) is 1. The van der Waals surface area contributed by atoms with Crippen LogP contribution >= 0.6 is 0 Å². The lowest BCUT2D eigenvalue weighted by molar-refractivity contribution is -0.116. The molecule has 0 aliphatic rings. The number of Topliss-reactive ketones (excluding diaryl/α,β-unsaturated/α-hetero) is 1. The zero-order chi connectivity index (χ0) is 8.85. The Morgan fingerprint density at radius 3 is 2.36 bits per heavy atom. The highest BCUT2D eigenvalue weighted by Gasteiger charge is 2.04. The number of carbonyl (C=O) groups is 1. The standard InChI is InChI=1S/C8H15NO2/c1-6(2)11-8(9-4)5-7(3)10/h6H,5H2,1-4H3. The quantitative estimate of drug-likeness (QED) is 0.459. The molecule has 0 atom stereocenters. The Bertz CT molecular complexity index is 161. The Labute approximate surface area is 67.5 Å². The van der Waals surface area contributed by atoms with E-state index in [4.69, 9.17) is 4.74 Å². The molecule has 0 unspecified atom stereocenters. The number of ketones is 1. The van der Waals surface area contributed by atoms with Crippen molar-refractivity contribution in [2.75, 3.05) is 7.05 Å². The highest BCUT2D eigenvalue weighted by Crippen LogP contribution is 1.96. The molecule has 64 valence electrons. The molecule has 3 heteroatoms. The van der Waals surface area contributed by atoms with Crippen molar-refractivity contribution >= 4 is 11.7 Å². The lowest BCUT2D eigenvalue weighted by Crippen LogP contribution is -2.14. The van der Waals surface area contributed by atoms with Crippen LogP contribution in [0.3, 0.4) is 0 Å². The van der Waals surface area contributed by atoms with Gasteiger partial charge in [-0.1, -0.05) is 0 Å². The largest absolute Gasteiger partial charge is 0.478 e. The first-order chi connectivity index (χ1) is 5.06. The first-order valence-electron chi connectivity index (χ1n) is 3.68. The molecule has 0 amide bonds. The third-order valence-corrected chi connectivity index (χ3v) is 1.02. The van der Waals surface area contributed by atoms with Crippen molar-refractivity contribution in [1.82, 2.24) is 0 Å². The van der Waals surface area contributed by atoms with E-state index in [1.54, 1.807) is 7.05 Å². The van der Waals surface area contributed by atoms with Crippen LogP contribution in [0.5, 0.6) is 0 Å². The molecular formula is C8H15NO2. The summed E-state index contributed by atoms with van der Waals surface area (Å²) >= 11 is 0. The van der Waals surface area contributed by atoms with E-state index in [0.717, 1.165) is 0 Å². The van der Waals surface area contributed by atoms with Crippen LogP contribution in [0.15, 0.2) is 4.99 Å². The predicted molar refractivity (Wildman–Crippen MR) is 44.9 cm³/mol. The Kier molecular flexibility index (Phi) is 4.50. The van der Waals surface area contributed by atoms with Gasteiger partial charge < -0.3 is 4.74 Å². The molecule has 0 saturated heterocycles. The topological polar surface area (TPSA) is 38.7 Å². The highest BCUT2D eigenvalue weighted by molar-refractivity contribution is 5.96. The van der Waals surface area contributed by atoms with Gasteiger partial charge in [0, 0.05) is 7.05 Å². The van der Waals surface area contributed by atoms with E-state index in [1.165, 1.54) is 6.92 Å². The van der Waals surface area contributed by atoms with Crippen molar-refractivity contribution in [3.63, 3.8) is 0 Å². The van der Waals surface area contributed by atoms with E-state index in [9.17, 15) is 4.79 Å². The maximum absolute atomic E-state index is 10.6. The molecule has 0 fully saturated rings. The molecule has 0 saturated carbocycles. The fraction of sp³-hybridized carbons (Fsp3) is 0.750. The Balaban J connectivity index is 3.88. The van der Waals surface area contributed by atoms with Crippen LogP contribution in [-0.4, -0.2) is 24.8 Å². The minimum absolute atomic E-state index is 0.0752. The second-order valence-corrected chi connectivity index (χ2v) is 2.66. The van der Waals surface area contributed by atoms with Crippen LogP contribution in [0, 0.1) is 0 Å². The molecule has 0 radical (unpaired) electrons. The molecular weight excluding hydrogens is 142 g/mol. The number of hydrogen-bond donors (Lipinski definition) is 0. The minimum Gasteiger partial charge on any atom is -0.478 e. The maximum Gasteiger partial charge on any atom is 0.190 e. The van der Waals surface area contributed by atoms with Crippen LogP contribution in [-0.2, 0) is 9.53 Å². The van der Waals surface area contributed by atoms with Gasteiger partial charge in [0.2, 0.25) is 0 Å². The number of hydrogen-bond acceptors (Lipinski definition) is 3. The van der Waals surface area contributed by atoms with Gasteiger partial charge in [-0.3, -0.25) is 9.79 Å². The van der Waals surface area contributed by atoms with Crippen molar-refractivity contribution in [1.29, 1.82) is 0 Å². The Hall–Kier alpha value is -0.860. The van der Waals surface area contributed by atoms with Crippen LogP contribution < -0.4 is 0 Å². The molecule has 0 spiro atoms. The Morgan fingerprint density at radius 2 is 2.09 bits per heavy atom. The van der Waals surface area contributed by atoms with E-state index in [0.29, 0.717) is 12.3 Å². The third-order valence-electron chi connectivity index (χ3n) is 1.02. The van der Waals surface area contributed by atoms with Crippen molar-refractivity contribution in [3.05, 3.63) is 0 Å². The van der Waals surface area contributed by atoms with Crippen LogP contribution in [0.1, 0.15) is 27.2 Å². The van der Waals surface area contributed by atoms with E-state index >= 15 is 0 Å². The summed E-state index contributed by atoms with van der Waals surface area (Å²) < 4.78 is 5.24. The first-order valence-corrected chi connectivity index (χ1v) is 3.68. The lowest BCUT2D eigenvalue weighted by Gasteiger charge is -2.09. The SMILES string of the molecule is CN=C(CC(C)=O)OC(C)C. The van der Waals surface area contributed by atoms with Crippen LogP contribution in [0.4, 0.5) is 0 Å². The molecule has 0 heterocycles. The monoisotopic (exact) mass is 157 g/mol. The average Bonchev–Trinajstić information content (AvgIpc) is 1.84. The lowest BCUT2D eigenvalue weighted by atomic mass is 10.3. The molecule has 0 aromatic rings. The predicted octanol–water partition coefficient (Wildman–Crippen LogP) is 1.42. The van der Waals surface area contributed by atoms with E-state index in [-0.39, 0.29) is 11.9 Å². The summed E-state index contributed by atoms with van der Waals surface area (Å²) in [5.41, 5.74) is 0. The number of rotatable bonds is 3. The zero-order valence-electron chi connectivity index (χ0n) is 7.55. The van der Waals surface area contributed by atoms with Crippen molar-refractivity contribution < 1.29 is 9.53 Å². The van der Waals surface area contributed by atoms with E-state index in [2.05, 4.69) is 4.99 Å². The Morgan fingerprint density at radius 1 is 1.55 bits per heavy atom. The summed E-state index contributed by atoms with van der Waals surface area (Å²) in [6, 6.07) is 0. The van der Waals surface area contributed by atoms with Crippen molar-refractivity contribution in [2.24, 2.45) is 4.99 Å². The molecule has 3 nitrogen and oxygen atoms in total. The fourth-order valence-electron chi connectivity index (χ4n) is 0.658. The summed E-state index contributed by atoms with van der Waals surface area (Å²) in [6.07, 6.45) is 0.391. The van der Waals surface area contributed by atoms with Gasteiger partial charge in [-0.2, -0.15) is 0 Å². The normalized spacial score (nSPS) is 11.9. The fourth-order valence-corrected chi connectivity index (χ4v) is 0.658.